The van der Waals surface area contributed by atoms with Crippen LogP contribution in [0.1, 0.15) is 0 Å². The third-order valence-electron chi connectivity index (χ3n) is 3.33. The zero-order valence-corrected chi connectivity index (χ0v) is 22.5. The molecule has 0 aromatic heterocycles. The van der Waals surface area contributed by atoms with Crippen LogP contribution in [0.3, 0.4) is 0 Å². The van der Waals surface area contributed by atoms with Crippen molar-refractivity contribution >= 4 is 99.6 Å². The fourth-order valence-corrected chi connectivity index (χ4v) is 5.64. The summed E-state index contributed by atoms with van der Waals surface area (Å²) in [5, 5.41) is 13.8. The third kappa shape index (κ3) is 9.13. The minimum Gasteiger partial charge on any atom is -0.398 e. The molecule has 0 unspecified atom stereocenters. The van der Waals surface area contributed by atoms with Crippen molar-refractivity contribution in [2.45, 2.75) is 19.6 Å². The van der Waals surface area contributed by atoms with Gasteiger partial charge in [-0.3, -0.25) is 4.55 Å². The van der Waals surface area contributed by atoms with E-state index in [0.717, 1.165) is 18.2 Å². The lowest BCUT2D eigenvalue weighted by Crippen LogP contribution is -2.18. The van der Waals surface area contributed by atoms with Crippen LogP contribution in [0.15, 0.2) is 43.8 Å². The highest BCUT2D eigenvalue weighted by Gasteiger charge is 2.22. The molecule has 0 atom stereocenters. The molecule has 22 heteroatoms. The van der Waals surface area contributed by atoms with Gasteiger partial charge in [-0.1, -0.05) is 23.2 Å². The lowest BCUT2D eigenvalue weighted by atomic mass is 10.3. The maximum absolute atomic E-state index is 11.1. The van der Waals surface area contributed by atoms with Gasteiger partial charge in [-0.25, -0.2) is 40.7 Å². The maximum atomic E-state index is 11.1. The third-order valence-corrected chi connectivity index (χ3v) is 7.95. The Balaban J connectivity index is 0. The van der Waals surface area contributed by atoms with Crippen molar-refractivity contribution < 1.29 is 38.2 Å². The van der Waals surface area contributed by atoms with Crippen LogP contribution in [0, 0.1) is 0 Å². The molecule has 2 rings (SSSR count). The normalized spacial score (nSPS) is 11.9. The summed E-state index contributed by atoms with van der Waals surface area (Å²) < 4.78 is 96.7. The highest BCUT2D eigenvalue weighted by Crippen LogP contribution is 2.29. The van der Waals surface area contributed by atoms with Gasteiger partial charge in [-0.15, -0.1) is 24.8 Å². The van der Waals surface area contributed by atoms with Gasteiger partial charge < -0.3 is 11.5 Å². The first-order valence-electron chi connectivity index (χ1n) is 7.30. The Hall–Kier alpha value is -1.16. The van der Waals surface area contributed by atoms with Crippen molar-refractivity contribution in [2.75, 3.05) is 11.5 Å². The monoisotopic (exact) mass is 643 g/mol. The number of halogens is 4. The predicted octanol–water partition coefficient (Wildman–Crippen LogP) is -0.123. The summed E-state index contributed by atoms with van der Waals surface area (Å²) in [6.45, 7) is 0. The van der Waals surface area contributed by atoms with E-state index in [1.165, 1.54) is 0 Å². The van der Waals surface area contributed by atoms with E-state index in [9.17, 15) is 33.7 Å². The standard InChI is InChI=1S/C6H8ClN3O4S2.C6H7ClN2O5S2.2ClH/c7-3-1-4(8)6(16(10,13)14)2-5(3)15(9,11)12;7-3-1-4(8)6(15(9,10)11)2-5(3)16(12,13)14;;/h1-2H,8H2,(H2,9,11,12)(H2,10,13,14);1-2H,8H2,(H2,9,10,11)(H,12,13,14);2*1H. The van der Waals surface area contributed by atoms with Crippen molar-refractivity contribution in [3.05, 3.63) is 34.3 Å². The average molecular weight is 645 g/mol. The molecular formula is C12H17Cl4N5O9S4. The van der Waals surface area contributed by atoms with E-state index in [4.69, 9.17) is 54.6 Å². The van der Waals surface area contributed by atoms with E-state index in [1.54, 1.807) is 0 Å². The van der Waals surface area contributed by atoms with Crippen molar-refractivity contribution in [3.63, 3.8) is 0 Å². The van der Waals surface area contributed by atoms with Crippen LogP contribution in [0.2, 0.25) is 10.0 Å². The first-order chi connectivity index (χ1) is 14.1. The maximum Gasteiger partial charge on any atom is 0.296 e. The molecule has 0 saturated heterocycles. The number of nitrogens with two attached hydrogens (primary N) is 5. The highest BCUT2D eigenvalue weighted by molar-refractivity contribution is 7.90. The number of rotatable bonds is 4. The average Bonchev–Trinajstić information content (AvgIpc) is 2.50. The van der Waals surface area contributed by atoms with Gasteiger partial charge in [0.2, 0.25) is 30.1 Å². The molecule has 0 saturated carbocycles. The molecule has 0 heterocycles. The number of hydrogen-bond acceptors (Lipinski definition) is 10. The molecule has 0 aliphatic carbocycles. The Morgan fingerprint density at radius 2 is 0.824 bits per heavy atom. The van der Waals surface area contributed by atoms with E-state index < -0.39 is 64.8 Å². The van der Waals surface area contributed by atoms with E-state index in [-0.39, 0.29) is 41.2 Å². The molecule has 2 aromatic rings. The fourth-order valence-electron chi connectivity index (χ4n) is 2.01. The van der Waals surface area contributed by atoms with Crippen LogP contribution < -0.4 is 26.9 Å². The molecule has 0 radical (unpaired) electrons. The van der Waals surface area contributed by atoms with Crippen molar-refractivity contribution in [1.29, 1.82) is 0 Å². The summed E-state index contributed by atoms with van der Waals surface area (Å²) in [7, 11) is -17.1. The van der Waals surface area contributed by atoms with Gasteiger partial charge in [0.05, 0.1) is 21.4 Å². The van der Waals surface area contributed by atoms with Gasteiger partial charge in [0.1, 0.15) is 19.6 Å². The summed E-state index contributed by atoms with van der Waals surface area (Å²) >= 11 is 11.0. The number of hydrogen-bond donors (Lipinski definition) is 6. The minimum atomic E-state index is -4.64. The SMILES string of the molecule is Cl.Cl.Nc1cc(Cl)c(S(=O)(=O)O)cc1S(N)(=O)=O.Nc1cc(Cl)c(S(N)(=O)=O)cc1S(N)(=O)=O. The van der Waals surface area contributed by atoms with Gasteiger partial charge in [0.25, 0.3) is 10.1 Å². The Bertz CT molecular complexity index is 1290. The summed E-state index contributed by atoms with van der Waals surface area (Å²) in [6, 6.07) is 3.16. The van der Waals surface area contributed by atoms with Gasteiger partial charge >= 0.3 is 0 Å². The lowest BCUT2D eigenvalue weighted by molar-refractivity contribution is 0.483. The molecule has 0 fully saturated rings. The topological polar surface area (TPSA) is 287 Å². The molecule has 34 heavy (non-hydrogen) atoms. The largest absolute Gasteiger partial charge is 0.398 e. The highest BCUT2D eigenvalue weighted by atomic mass is 35.5. The number of primary sulfonamides is 3. The fraction of sp³-hybridized carbons (Fsp3) is 0. The van der Waals surface area contributed by atoms with Crippen LogP contribution in [-0.2, 0) is 40.2 Å². The molecule has 14 nitrogen and oxygen atoms in total. The second kappa shape index (κ2) is 11.7. The molecule has 0 spiro atoms. The van der Waals surface area contributed by atoms with E-state index in [2.05, 4.69) is 0 Å². The predicted molar refractivity (Wildman–Crippen MR) is 130 cm³/mol. The number of sulfonamides is 3. The smallest absolute Gasteiger partial charge is 0.296 e. The second-order valence-corrected chi connectivity index (χ2v) is 12.5. The van der Waals surface area contributed by atoms with Crippen molar-refractivity contribution in [1.82, 2.24) is 0 Å². The number of anilines is 2. The Morgan fingerprint density at radius 1 is 0.559 bits per heavy atom. The second-order valence-electron chi connectivity index (χ2n) is 5.75. The molecule has 0 bridgehead atoms. The first kappa shape index (κ1) is 35.0. The first-order valence-corrected chi connectivity index (χ1v) is 14.1. The van der Waals surface area contributed by atoms with Crippen LogP contribution in [-0.4, -0.2) is 38.2 Å². The van der Waals surface area contributed by atoms with E-state index >= 15 is 0 Å². The van der Waals surface area contributed by atoms with Crippen LogP contribution in [0.5, 0.6) is 0 Å². The zero-order chi connectivity index (χ0) is 25.4. The van der Waals surface area contributed by atoms with E-state index in [1.807, 2.05) is 0 Å². The minimum absolute atomic E-state index is 0. The summed E-state index contributed by atoms with van der Waals surface area (Å²) in [6.07, 6.45) is 0. The van der Waals surface area contributed by atoms with E-state index in [0.29, 0.717) is 6.07 Å². The Morgan fingerprint density at radius 3 is 1.09 bits per heavy atom. The van der Waals surface area contributed by atoms with Crippen molar-refractivity contribution in [3.8, 4) is 0 Å². The molecule has 0 aliphatic heterocycles. The van der Waals surface area contributed by atoms with Gasteiger partial charge in [0.15, 0.2) is 0 Å². The quantitative estimate of drug-likeness (QED) is 0.188. The van der Waals surface area contributed by atoms with Crippen LogP contribution in [0.25, 0.3) is 0 Å². The summed E-state index contributed by atoms with van der Waals surface area (Å²) in [4.78, 5) is -2.48. The summed E-state index contributed by atoms with van der Waals surface area (Å²) in [5.41, 5.74) is 10.1. The van der Waals surface area contributed by atoms with Gasteiger partial charge in [-0.2, -0.15) is 8.42 Å². The zero-order valence-electron chi connectivity index (χ0n) is 16.1. The van der Waals surface area contributed by atoms with Gasteiger partial charge in [0, 0.05) is 0 Å². The molecule has 2 aromatic carbocycles. The molecule has 11 N–H and O–H groups in total. The Labute approximate surface area is 217 Å². The van der Waals surface area contributed by atoms with Gasteiger partial charge in [-0.05, 0) is 24.3 Å². The lowest BCUT2D eigenvalue weighted by Gasteiger charge is -2.07. The number of benzene rings is 2. The van der Waals surface area contributed by atoms with Crippen molar-refractivity contribution in [2.24, 2.45) is 15.4 Å². The molecule has 196 valence electrons. The molecule has 0 amide bonds. The molecule has 0 aliphatic rings. The number of nitrogen functional groups attached to an aromatic ring is 2. The molecular weight excluding hydrogens is 628 g/mol. The summed E-state index contributed by atoms with van der Waals surface area (Å²) in [5.74, 6) is 0. The Kier molecular flexibility index (Phi) is 12.1. The van der Waals surface area contributed by atoms with Crippen LogP contribution in [0.4, 0.5) is 11.4 Å². The van der Waals surface area contributed by atoms with Crippen LogP contribution >= 0.6 is 48.0 Å².